The second-order valence-corrected chi connectivity index (χ2v) is 5.20. The van der Waals surface area contributed by atoms with Crippen molar-refractivity contribution >= 4 is 16.0 Å². The zero-order chi connectivity index (χ0) is 14.6. The first-order valence-electron chi connectivity index (χ1n) is 5.04. The number of hydrogen-bond donors (Lipinski definition) is 3. The first kappa shape index (κ1) is 15.2. The van der Waals surface area contributed by atoms with Gasteiger partial charge in [0.05, 0.1) is 20.6 Å². The van der Waals surface area contributed by atoms with Gasteiger partial charge in [-0.3, -0.25) is 10.6 Å². The van der Waals surface area contributed by atoms with E-state index in [9.17, 15) is 13.2 Å². The molecule has 9 heteroatoms. The van der Waals surface area contributed by atoms with Crippen molar-refractivity contribution in [2.24, 2.45) is 5.84 Å². The second kappa shape index (κ2) is 5.87. The Morgan fingerprint density at radius 1 is 1.37 bits per heavy atom. The van der Waals surface area contributed by atoms with Crippen molar-refractivity contribution in [3.63, 3.8) is 0 Å². The van der Waals surface area contributed by atoms with Crippen LogP contribution in [0.5, 0.6) is 11.5 Å². The summed E-state index contributed by atoms with van der Waals surface area (Å²) in [5, 5.41) is 8.75. The smallest absolute Gasteiger partial charge is 0.307 e. The van der Waals surface area contributed by atoms with Crippen LogP contribution in [0.1, 0.15) is 5.56 Å². The number of nitrogens with two attached hydrogens (primary N) is 1. The summed E-state index contributed by atoms with van der Waals surface area (Å²) in [5.41, 5.74) is 0.249. The van der Waals surface area contributed by atoms with Gasteiger partial charge in [0.1, 0.15) is 4.90 Å². The molecular formula is C10H14N2O6S. The lowest BCUT2D eigenvalue weighted by Crippen LogP contribution is -2.30. The van der Waals surface area contributed by atoms with Gasteiger partial charge in [-0.05, 0) is 17.7 Å². The molecule has 106 valence electrons. The zero-order valence-electron chi connectivity index (χ0n) is 10.3. The third-order valence-corrected chi connectivity index (χ3v) is 3.50. The number of aliphatic carboxylic acids is 1. The van der Waals surface area contributed by atoms with Gasteiger partial charge in [-0.1, -0.05) is 0 Å². The Balaban J connectivity index is 3.53. The van der Waals surface area contributed by atoms with Crippen molar-refractivity contribution in [1.82, 2.24) is 4.83 Å². The number of hydrogen-bond acceptors (Lipinski definition) is 6. The van der Waals surface area contributed by atoms with Crippen LogP contribution in [0.3, 0.4) is 0 Å². The highest BCUT2D eigenvalue weighted by Crippen LogP contribution is 2.35. The molecule has 0 atom stereocenters. The number of rotatable bonds is 6. The minimum atomic E-state index is -4.00. The molecule has 1 rings (SSSR count). The van der Waals surface area contributed by atoms with Crippen LogP contribution >= 0.6 is 0 Å². The first-order valence-corrected chi connectivity index (χ1v) is 6.53. The van der Waals surface area contributed by atoms with E-state index >= 15 is 0 Å². The second-order valence-electron chi connectivity index (χ2n) is 3.52. The third kappa shape index (κ3) is 3.34. The van der Waals surface area contributed by atoms with Crippen molar-refractivity contribution in [3.8, 4) is 11.5 Å². The van der Waals surface area contributed by atoms with Crippen molar-refractivity contribution in [2.45, 2.75) is 11.3 Å². The van der Waals surface area contributed by atoms with E-state index in [-0.39, 0.29) is 28.4 Å². The number of hydrazine groups is 1. The molecule has 0 amide bonds. The number of ether oxygens (including phenoxy) is 2. The Hall–Kier alpha value is -1.84. The molecule has 0 aliphatic rings. The van der Waals surface area contributed by atoms with Crippen molar-refractivity contribution in [2.75, 3.05) is 14.2 Å². The minimum absolute atomic E-state index is 0.0467. The number of methoxy groups -OCH3 is 2. The van der Waals surface area contributed by atoms with Crippen LogP contribution < -0.4 is 20.1 Å². The molecule has 0 fully saturated rings. The fourth-order valence-electron chi connectivity index (χ4n) is 1.52. The van der Waals surface area contributed by atoms with Crippen molar-refractivity contribution < 1.29 is 27.8 Å². The van der Waals surface area contributed by atoms with Gasteiger partial charge in [-0.25, -0.2) is 8.42 Å². The lowest BCUT2D eigenvalue weighted by atomic mass is 10.1. The van der Waals surface area contributed by atoms with Crippen LogP contribution in [0, 0.1) is 0 Å². The van der Waals surface area contributed by atoms with Gasteiger partial charge in [-0.15, -0.1) is 4.83 Å². The number of carboxylic acids is 1. The van der Waals surface area contributed by atoms with E-state index in [0.717, 1.165) is 0 Å². The molecule has 0 radical (unpaired) electrons. The van der Waals surface area contributed by atoms with Crippen molar-refractivity contribution in [3.05, 3.63) is 17.7 Å². The Labute approximate surface area is 110 Å². The fraction of sp³-hybridized carbons (Fsp3) is 0.300. The predicted molar refractivity (Wildman–Crippen MR) is 65.4 cm³/mol. The SMILES string of the molecule is COc1cc(CC(=O)O)cc(S(=O)(=O)NN)c1OC. The first-order chi connectivity index (χ1) is 8.85. The summed E-state index contributed by atoms with van der Waals surface area (Å²) in [6.07, 6.45) is -0.354. The molecule has 1 aromatic rings. The molecular weight excluding hydrogens is 276 g/mol. The Bertz CT molecular complexity index is 584. The number of nitrogens with one attached hydrogen (secondary N) is 1. The van der Waals surface area contributed by atoms with E-state index in [1.54, 1.807) is 4.83 Å². The largest absolute Gasteiger partial charge is 0.493 e. The highest BCUT2D eigenvalue weighted by Gasteiger charge is 2.23. The standard InChI is InChI=1S/C10H14N2O6S/c1-17-7-3-6(5-9(13)14)4-8(10(7)18-2)19(15,16)12-11/h3-4,12H,5,11H2,1-2H3,(H,13,14). The molecule has 8 nitrogen and oxygen atoms in total. The summed E-state index contributed by atoms with van der Waals surface area (Å²) in [5.74, 6) is 3.91. The van der Waals surface area contributed by atoms with Crippen LogP contribution in [0.4, 0.5) is 0 Å². The van der Waals surface area contributed by atoms with Gasteiger partial charge in [0.15, 0.2) is 11.5 Å². The third-order valence-electron chi connectivity index (χ3n) is 2.30. The molecule has 0 unspecified atom stereocenters. The van der Waals surface area contributed by atoms with Crippen LogP contribution in [0.15, 0.2) is 17.0 Å². The highest BCUT2D eigenvalue weighted by molar-refractivity contribution is 7.89. The van der Waals surface area contributed by atoms with Gasteiger partial charge in [-0.2, -0.15) is 0 Å². The zero-order valence-corrected chi connectivity index (χ0v) is 11.2. The molecule has 19 heavy (non-hydrogen) atoms. The normalized spacial score (nSPS) is 11.1. The monoisotopic (exact) mass is 290 g/mol. The predicted octanol–water partition coefficient (Wildman–Crippen LogP) is -0.517. The van der Waals surface area contributed by atoms with E-state index in [2.05, 4.69) is 0 Å². The van der Waals surface area contributed by atoms with Gasteiger partial charge in [0.25, 0.3) is 10.0 Å². The maximum absolute atomic E-state index is 11.8. The van der Waals surface area contributed by atoms with Crippen LogP contribution in [-0.4, -0.2) is 33.7 Å². The summed E-state index contributed by atoms with van der Waals surface area (Å²) in [6.45, 7) is 0. The molecule has 0 spiro atoms. The molecule has 0 aliphatic heterocycles. The van der Waals surface area contributed by atoms with Crippen LogP contribution in [0.2, 0.25) is 0 Å². The summed E-state index contributed by atoms with van der Waals surface area (Å²) in [6, 6.07) is 2.56. The molecule has 0 aromatic heterocycles. The summed E-state index contributed by atoms with van der Waals surface area (Å²) in [4.78, 5) is 12.1. The van der Waals surface area contributed by atoms with E-state index in [4.69, 9.17) is 20.4 Å². The molecule has 0 saturated carbocycles. The van der Waals surface area contributed by atoms with E-state index in [1.165, 1.54) is 26.4 Å². The van der Waals surface area contributed by atoms with Crippen molar-refractivity contribution in [1.29, 1.82) is 0 Å². The Kier molecular flexibility index (Phi) is 4.70. The maximum Gasteiger partial charge on any atom is 0.307 e. The molecule has 0 aliphatic carbocycles. The Morgan fingerprint density at radius 3 is 2.42 bits per heavy atom. The van der Waals surface area contributed by atoms with Gasteiger partial charge in [0, 0.05) is 0 Å². The summed E-state index contributed by atoms with van der Waals surface area (Å²) in [7, 11) is -1.42. The molecule has 0 bridgehead atoms. The minimum Gasteiger partial charge on any atom is -0.493 e. The molecule has 1 aromatic carbocycles. The lowest BCUT2D eigenvalue weighted by Gasteiger charge is -2.14. The fourth-order valence-corrected chi connectivity index (χ4v) is 2.39. The van der Waals surface area contributed by atoms with E-state index < -0.39 is 16.0 Å². The highest BCUT2D eigenvalue weighted by atomic mass is 32.2. The van der Waals surface area contributed by atoms with Crippen LogP contribution in [-0.2, 0) is 21.2 Å². The summed E-state index contributed by atoms with van der Waals surface area (Å²) < 4.78 is 33.5. The number of carboxylic acid groups (broad SMARTS) is 1. The molecule has 4 N–H and O–H groups in total. The van der Waals surface area contributed by atoms with E-state index in [1.807, 2.05) is 0 Å². The molecule has 0 heterocycles. The number of carbonyl (C=O) groups is 1. The van der Waals surface area contributed by atoms with E-state index in [0.29, 0.717) is 0 Å². The van der Waals surface area contributed by atoms with Gasteiger partial charge in [0.2, 0.25) is 0 Å². The summed E-state index contributed by atoms with van der Waals surface area (Å²) >= 11 is 0. The lowest BCUT2D eigenvalue weighted by molar-refractivity contribution is -0.136. The van der Waals surface area contributed by atoms with Crippen LogP contribution in [0.25, 0.3) is 0 Å². The average molecular weight is 290 g/mol. The molecule has 0 saturated heterocycles. The number of sulfonamides is 1. The average Bonchev–Trinajstić information content (AvgIpc) is 2.36. The van der Waals surface area contributed by atoms with Gasteiger partial charge < -0.3 is 14.6 Å². The Morgan fingerprint density at radius 2 is 2.00 bits per heavy atom. The maximum atomic E-state index is 11.8. The topological polar surface area (TPSA) is 128 Å². The quantitative estimate of drug-likeness (QED) is 0.475. The number of benzene rings is 1. The van der Waals surface area contributed by atoms with Gasteiger partial charge >= 0.3 is 5.97 Å².